The molecule has 0 aromatic heterocycles. The Bertz CT molecular complexity index is 731. The van der Waals surface area contributed by atoms with Gasteiger partial charge in [-0.1, -0.05) is 42.5 Å². The molecule has 5 heteroatoms. The van der Waals surface area contributed by atoms with Crippen molar-refractivity contribution in [3.63, 3.8) is 0 Å². The number of piperidine rings is 1. The third-order valence-electron chi connectivity index (χ3n) is 5.39. The molecule has 4 nitrogen and oxygen atoms in total. The van der Waals surface area contributed by atoms with Crippen LogP contribution in [0.25, 0.3) is 10.8 Å². The molecule has 0 amide bonds. The van der Waals surface area contributed by atoms with Gasteiger partial charge in [-0.25, -0.2) is 0 Å². The minimum atomic E-state index is 0. The Morgan fingerprint density at radius 2 is 1.81 bits per heavy atom. The molecule has 0 aliphatic carbocycles. The van der Waals surface area contributed by atoms with Gasteiger partial charge >= 0.3 is 0 Å². The Morgan fingerprint density at radius 3 is 2.52 bits per heavy atom. The molecule has 1 fully saturated rings. The first kappa shape index (κ1) is 22.0. The lowest BCUT2D eigenvalue weighted by atomic mass is 10.0. The van der Waals surface area contributed by atoms with E-state index >= 15 is 0 Å². The van der Waals surface area contributed by atoms with Crippen LogP contribution in [0.1, 0.15) is 32.3 Å². The van der Waals surface area contributed by atoms with E-state index in [2.05, 4.69) is 76.8 Å². The van der Waals surface area contributed by atoms with E-state index in [0.29, 0.717) is 12.1 Å². The molecule has 27 heavy (non-hydrogen) atoms. The molecule has 0 unspecified atom stereocenters. The highest BCUT2D eigenvalue weighted by Crippen LogP contribution is 2.18. The molecule has 3 rings (SSSR count). The Hall–Kier alpha value is -1.34. The van der Waals surface area contributed by atoms with Crippen LogP contribution in [0.3, 0.4) is 0 Å². The lowest BCUT2D eigenvalue weighted by molar-refractivity contribution is 0.167. The largest absolute Gasteiger partial charge is 0.356 e. The molecule has 0 atom stereocenters. The van der Waals surface area contributed by atoms with E-state index in [9.17, 15) is 0 Å². The predicted molar refractivity (Wildman–Crippen MR) is 127 cm³/mol. The van der Waals surface area contributed by atoms with Crippen molar-refractivity contribution in [2.45, 2.75) is 45.2 Å². The molecule has 0 bridgehead atoms. The van der Waals surface area contributed by atoms with Crippen LogP contribution in [0.2, 0.25) is 0 Å². The van der Waals surface area contributed by atoms with E-state index in [1.807, 2.05) is 7.05 Å². The van der Waals surface area contributed by atoms with Crippen LogP contribution in [0.5, 0.6) is 0 Å². The van der Waals surface area contributed by atoms with Crippen molar-refractivity contribution in [2.75, 3.05) is 26.7 Å². The smallest absolute Gasteiger partial charge is 0.191 e. The van der Waals surface area contributed by atoms with Crippen LogP contribution in [-0.4, -0.2) is 49.6 Å². The Kier molecular flexibility index (Phi) is 8.83. The van der Waals surface area contributed by atoms with Crippen LogP contribution < -0.4 is 10.6 Å². The molecule has 148 valence electrons. The average molecular weight is 480 g/mol. The third-order valence-corrected chi connectivity index (χ3v) is 5.39. The second-order valence-electron chi connectivity index (χ2n) is 7.44. The number of hydrogen-bond donors (Lipinski definition) is 2. The first-order valence-electron chi connectivity index (χ1n) is 9.85. The van der Waals surface area contributed by atoms with Crippen LogP contribution in [-0.2, 0) is 6.42 Å². The fourth-order valence-electron chi connectivity index (χ4n) is 3.77. The summed E-state index contributed by atoms with van der Waals surface area (Å²) in [6.07, 6.45) is 3.36. The summed E-state index contributed by atoms with van der Waals surface area (Å²) >= 11 is 0. The van der Waals surface area contributed by atoms with Crippen molar-refractivity contribution < 1.29 is 0 Å². The number of fused-ring (bicyclic) bond motifs is 1. The molecule has 1 heterocycles. The molecule has 1 saturated heterocycles. The summed E-state index contributed by atoms with van der Waals surface area (Å²) in [7, 11) is 1.86. The first-order valence-corrected chi connectivity index (χ1v) is 9.85. The van der Waals surface area contributed by atoms with Gasteiger partial charge in [0, 0.05) is 38.8 Å². The molecule has 2 aromatic rings. The standard InChI is InChI=1S/C22H32N4.HI/c1-17(2)26-15-12-20(13-16-26)25-22(23-3)24-14-11-19-9-6-8-18-7-4-5-10-21(18)19;/h4-10,17,20H,11-16H2,1-3H3,(H2,23,24,25);1H. The maximum atomic E-state index is 4.41. The zero-order valence-corrected chi connectivity index (χ0v) is 19.1. The Morgan fingerprint density at radius 1 is 1.11 bits per heavy atom. The summed E-state index contributed by atoms with van der Waals surface area (Å²) in [6, 6.07) is 16.3. The minimum Gasteiger partial charge on any atom is -0.356 e. The van der Waals surface area contributed by atoms with Crippen LogP contribution >= 0.6 is 24.0 Å². The zero-order chi connectivity index (χ0) is 18.4. The van der Waals surface area contributed by atoms with E-state index in [1.165, 1.54) is 42.3 Å². The van der Waals surface area contributed by atoms with Crippen LogP contribution in [0.15, 0.2) is 47.5 Å². The molecule has 1 aliphatic rings. The fraction of sp³-hybridized carbons (Fsp3) is 0.500. The Labute approximate surface area is 180 Å². The van der Waals surface area contributed by atoms with Crippen molar-refractivity contribution in [1.29, 1.82) is 0 Å². The number of halogens is 1. The lowest BCUT2D eigenvalue weighted by Crippen LogP contribution is -2.50. The second-order valence-corrected chi connectivity index (χ2v) is 7.44. The normalized spacial score (nSPS) is 16.4. The van der Waals surface area contributed by atoms with Crippen LogP contribution in [0.4, 0.5) is 0 Å². The van der Waals surface area contributed by atoms with Crippen molar-refractivity contribution in [3.05, 3.63) is 48.0 Å². The number of rotatable bonds is 5. The van der Waals surface area contributed by atoms with Gasteiger partial charge < -0.3 is 15.5 Å². The quantitative estimate of drug-likeness (QED) is 0.386. The highest BCUT2D eigenvalue weighted by Gasteiger charge is 2.21. The number of guanidine groups is 1. The summed E-state index contributed by atoms with van der Waals surface area (Å²) in [5.74, 6) is 0.924. The first-order chi connectivity index (χ1) is 12.7. The van der Waals surface area contributed by atoms with Crippen molar-refractivity contribution in [2.24, 2.45) is 4.99 Å². The number of aliphatic imine (C=N–C) groups is 1. The number of nitrogens with one attached hydrogen (secondary N) is 2. The summed E-state index contributed by atoms with van der Waals surface area (Å²) in [4.78, 5) is 6.96. The number of hydrogen-bond acceptors (Lipinski definition) is 2. The molecule has 0 radical (unpaired) electrons. The highest BCUT2D eigenvalue weighted by molar-refractivity contribution is 14.0. The van der Waals surface area contributed by atoms with Gasteiger partial charge in [-0.2, -0.15) is 0 Å². The second kappa shape index (κ2) is 10.9. The summed E-state index contributed by atoms with van der Waals surface area (Å²) in [5, 5.41) is 9.75. The topological polar surface area (TPSA) is 39.7 Å². The maximum Gasteiger partial charge on any atom is 0.191 e. The van der Waals surface area contributed by atoms with E-state index in [0.717, 1.165) is 18.9 Å². The highest BCUT2D eigenvalue weighted by atomic mass is 127. The fourth-order valence-corrected chi connectivity index (χ4v) is 3.77. The summed E-state index contributed by atoms with van der Waals surface area (Å²) < 4.78 is 0. The van der Waals surface area contributed by atoms with Crippen molar-refractivity contribution in [1.82, 2.24) is 15.5 Å². The van der Waals surface area contributed by atoms with Crippen LogP contribution in [0, 0.1) is 0 Å². The lowest BCUT2D eigenvalue weighted by Gasteiger charge is -2.35. The van der Waals surface area contributed by atoms with Gasteiger partial charge in [-0.05, 0) is 49.4 Å². The molecule has 2 aromatic carbocycles. The number of nitrogens with zero attached hydrogens (tertiary/aromatic N) is 2. The van der Waals surface area contributed by atoms with Gasteiger partial charge in [-0.15, -0.1) is 24.0 Å². The van der Waals surface area contributed by atoms with Gasteiger partial charge in [-0.3, -0.25) is 4.99 Å². The average Bonchev–Trinajstić information content (AvgIpc) is 2.67. The third kappa shape index (κ3) is 6.07. The molecule has 2 N–H and O–H groups in total. The number of benzene rings is 2. The van der Waals surface area contributed by atoms with E-state index in [1.54, 1.807) is 0 Å². The number of likely N-dealkylation sites (tertiary alicyclic amines) is 1. The summed E-state index contributed by atoms with van der Waals surface area (Å²) in [5.41, 5.74) is 1.39. The van der Waals surface area contributed by atoms with Gasteiger partial charge in [0.2, 0.25) is 0 Å². The molecule has 1 aliphatic heterocycles. The summed E-state index contributed by atoms with van der Waals surface area (Å²) in [6.45, 7) is 7.78. The predicted octanol–water partition coefficient (Wildman–Crippen LogP) is 4.04. The van der Waals surface area contributed by atoms with Gasteiger partial charge in [0.15, 0.2) is 5.96 Å². The molecular formula is C22H33IN4. The monoisotopic (exact) mass is 480 g/mol. The SMILES string of the molecule is CN=C(NCCc1cccc2ccccc12)NC1CCN(C(C)C)CC1.I. The van der Waals surface area contributed by atoms with Gasteiger partial charge in [0.25, 0.3) is 0 Å². The molecule has 0 spiro atoms. The van der Waals surface area contributed by atoms with Gasteiger partial charge in [0.05, 0.1) is 0 Å². The van der Waals surface area contributed by atoms with E-state index < -0.39 is 0 Å². The van der Waals surface area contributed by atoms with Crippen molar-refractivity contribution >= 4 is 40.7 Å². The maximum absolute atomic E-state index is 4.41. The minimum absolute atomic E-state index is 0. The molecule has 0 saturated carbocycles. The van der Waals surface area contributed by atoms with Crippen molar-refractivity contribution in [3.8, 4) is 0 Å². The Balaban J connectivity index is 0.00000261. The molecular weight excluding hydrogens is 447 g/mol. The van der Waals surface area contributed by atoms with Gasteiger partial charge in [0.1, 0.15) is 0 Å². The van der Waals surface area contributed by atoms with E-state index in [4.69, 9.17) is 0 Å². The van der Waals surface area contributed by atoms with E-state index in [-0.39, 0.29) is 24.0 Å². The zero-order valence-electron chi connectivity index (χ0n) is 16.7.